The molecule has 180 valence electrons. The molecule has 2 aromatic rings. The molecule has 2 aliphatic rings. The SMILES string of the molecule is CC1=C(CC(=O)Nc2nc(-c3cccc(C(F)(F)F)c3F)cs2)C2C(=O)N(C)C(=O)N(C)C2O1. The first kappa shape index (κ1) is 23.7. The summed E-state index contributed by atoms with van der Waals surface area (Å²) in [7, 11) is 2.83. The van der Waals surface area contributed by atoms with Gasteiger partial charge in [0, 0.05) is 25.0 Å². The third-order valence-corrected chi connectivity index (χ3v) is 6.42. The van der Waals surface area contributed by atoms with Crippen molar-refractivity contribution in [1.82, 2.24) is 14.8 Å². The predicted octanol–water partition coefficient (Wildman–Crippen LogP) is 4.07. The number of nitrogens with one attached hydrogen (secondary N) is 1. The van der Waals surface area contributed by atoms with E-state index in [1.807, 2.05) is 0 Å². The zero-order valence-corrected chi connectivity index (χ0v) is 18.9. The standard InChI is InChI=1S/C21H18F4N4O4S/c1-9-11(15-17(31)28(2)20(32)29(3)18(15)33-9)7-14(30)27-19-26-13(8-34-19)10-5-4-6-12(16(10)22)21(23,24)25/h4-6,8,15,18H,7H2,1-3H3,(H,26,27,30). The first-order valence-electron chi connectivity index (χ1n) is 9.92. The Morgan fingerprint density at radius 1 is 1.26 bits per heavy atom. The average molecular weight is 498 g/mol. The summed E-state index contributed by atoms with van der Waals surface area (Å²) in [6, 6.07) is 2.35. The summed E-state index contributed by atoms with van der Waals surface area (Å²) in [6.45, 7) is 1.59. The lowest BCUT2D eigenvalue weighted by atomic mass is 9.92. The maximum Gasteiger partial charge on any atom is 0.419 e. The molecule has 4 amide bonds. The number of hydrogen-bond donors (Lipinski definition) is 1. The molecule has 1 N–H and O–H groups in total. The first-order chi connectivity index (χ1) is 15.9. The van der Waals surface area contributed by atoms with Crippen molar-refractivity contribution in [3.05, 3.63) is 46.3 Å². The van der Waals surface area contributed by atoms with E-state index in [2.05, 4.69) is 10.3 Å². The fourth-order valence-electron chi connectivity index (χ4n) is 3.91. The minimum absolute atomic E-state index is 0.0462. The molecular weight excluding hydrogens is 480 g/mol. The fraction of sp³-hybridized carbons (Fsp3) is 0.333. The zero-order chi connectivity index (χ0) is 24.9. The minimum atomic E-state index is -4.86. The molecule has 2 atom stereocenters. The van der Waals surface area contributed by atoms with Crippen LogP contribution in [0.15, 0.2) is 34.9 Å². The molecule has 0 bridgehead atoms. The fourth-order valence-corrected chi connectivity index (χ4v) is 4.64. The van der Waals surface area contributed by atoms with Gasteiger partial charge in [0.2, 0.25) is 11.8 Å². The number of aromatic nitrogens is 1. The summed E-state index contributed by atoms with van der Waals surface area (Å²) in [4.78, 5) is 43.7. The topological polar surface area (TPSA) is 91.8 Å². The number of carbonyl (C=O) groups excluding carboxylic acids is 3. The van der Waals surface area contributed by atoms with Gasteiger partial charge in [-0.15, -0.1) is 11.3 Å². The highest BCUT2D eigenvalue weighted by Gasteiger charge is 2.51. The largest absolute Gasteiger partial charge is 0.474 e. The molecule has 2 unspecified atom stereocenters. The number of alkyl halides is 3. The maximum absolute atomic E-state index is 14.4. The van der Waals surface area contributed by atoms with Crippen LogP contribution in [0.25, 0.3) is 11.3 Å². The highest BCUT2D eigenvalue weighted by atomic mass is 32.1. The Hall–Kier alpha value is -3.48. The molecule has 1 saturated heterocycles. The third-order valence-electron chi connectivity index (χ3n) is 5.66. The lowest BCUT2D eigenvalue weighted by molar-refractivity contribution is -0.142. The van der Waals surface area contributed by atoms with Crippen molar-refractivity contribution in [2.45, 2.75) is 25.7 Å². The van der Waals surface area contributed by atoms with Gasteiger partial charge in [-0.2, -0.15) is 13.2 Å². The van der Waals surface area contributed by atoms with Gasteiger partial charge in [-0.25, -0.2) is 14.2 Å². The van der Waals surface area contributed by atoms with E-state index in [1.54, 1.807) is 6.92 Å². The van der Waals surface area contributed by atoms with E-state index in [0.29, 0.717) is 17.4 Å². The lowest BCUT2D eigenvalue weighted by Crippen LogP contribution is -2.58. The van der Waals surface area contributed by atoms with Gasteiger partial charge in [-0.1, -0.05) is 6.07 Å². The molecule has 2 aliphatic heterocycles. The molecule has 8 nitrogen and oxygen atoms in total. The normalized spacial score (nSPS) is 20.6. The quantitative estimate of drug-likeness (QED) is 0.642. The first-order valence-corrected chi connectivity index (χ1v) is 10.8. The monoisotopic (exact) mass is 498 g/mol. The van der Waals surface area contributed by atoms with E-state index in [4.69, 9.17) is 4.74 Å². The van der Waals surface area contributed by atoms with Crippen molar-refractivity contribution in [2.24, 2.45) is 5.92 Å². The minimum Gasteiger partial charge on any atom is -0.474 e. The van der Waals surface area contributed by atoms with Gasteiger partial charge in [0.1, 0.15) is 11.7 Å². The van der Waals surface area contributed by atoms with Crippen molar-refractivity contribution in [3.8, 4) is 11.3 Å². The second kappa shape index (κ2) is 8.38. The zero-order valence-electron chi connectivity index (χ0n) is 18.1. The van der Waals surface area contributed by atoms with Crippen LogP contribution in [0.1, 0.15) is 18.9 Å². The molecular formula is C21H18F4N4O4S. The number of hydrogen-bond acceptors (Lipinski definition) is 6. The average Bonchev–Trinajstić information content (AvgIpc) is 3.34. The Bertz CT molecular complexity index is 1230. The second-order valence-electron chi connectivity index (χ2n) is 7.79. The maximum atomic E-state index is 14.4. The third kappa shape index (κ3) is 4.00. The van der Waals surface area contributed by atoms with Crippen LogP contribution in [0.2, 0.25) is 0 Å². The number of allylic oxidation sites excluding steroid dienone is 1. The van der Waals surface area contributed by atoms with Crippen molar-refractivity contribution in [1.29, 1.82) is 0 Å². The van der Waals surface area contributed by atoms with Gasteiger partial charge in [0.15, 0.2) is 11.4 Å². The summed E-state index contributed by atoms with van der Waals surface area (Å²) in [6.07, 6.45) is -5.95. The summed E-state index contributed by atoms with van der Waals surface area (Å²) in [5.74, 6) is -3.00. The Kier molecular flexibility index (Phi) is 5.84. The Morgan fingerprint density at radius 2 is 1.97 bits per heavy atom. The molecule has 0 radical (unpaired) electrons. The number of thiazole rings is 1. The van der Waals surface area contributed by atoms with Gasteiger partial charge in [-0.05, 0) is 24.6 Å². The van der Waals surface area contributed by atoms with Gasteiger partial charge in [-0.3, -0.25) is 19.4 Å². The van der Waals surface area contributed by atoms with Crippen LogP contribution in [0, 0.1) is 11.7 Å². The Morgan fingerprint density at radius 3 is 2.65 bits per heavy atom. The highest BCUT2D eigenvalue weighted by molar-refractivity contribution is 7.14. The van der Waals surface area contributed by atoms with Crippen molar-refractivity contribution >= 4 is 34.3 Å². The number of benzene rings is 1. The van der Waals surface area contributed by atoms with E-state index in [0.717, 1.165) is 22.3 Å². The van der Waals surface area contributed by atoms with E-state index in [-0.39, 0.29) is 22.8 Å². The smallest absolute Gasteiger partial charge is 0.419 e. The number of urea groups is 1. The van der Waals surface area contributed by atoms with Crippen LogP contribution in [-0.4, -0.2) is 53.0 Å². The predicted molar refractivity (Wildman–Crippen MR) is 113 cm³/mol. The van der Waals surface area contributed by atoms with Gasteiger partial charge < -0.3 is 10.1 Å². The molecule has 1 fully saturated rings. The number of nitrogens with zero attached hydrogens (tertiary/aromatic N) is 3. The van der Waals surface area contributed by atoms with Gasteiger partial charge in [0.25, 0.3) is 0 Å². The van der Waals surface area contributed by atoms with E-state index in [1.165, 1.54) is 30.4 Å². The summed E-state index contributed by atoms with van der Waals surface area (Å²) < 4.78 is 59.0. The van der Waals surface area contributed by atoms with Crippen LogP contribution < -0.4 is 5.32 Å². The second-order valence-corrected chi connectivity index (χ2v) is 8.64. The summed E-state index contributed by atoms with van der Waals surface area (Å²) in [5.41, 5.74) is -1.42. The number of halogens is 4. The highest BCUT2D eigenvalue weighted by Crippen LogP contribution is 2.39. The van der Waals surface area contributed by atoms with Crippen LogP contribution >= 0.6 is 11.3 Å². The number of amides is 4. The van der Waals surface area contributed by atoms with Crippen LogP contribution in [-0.2, 0) is 20.5 Å². The molecule has 4 rings (SSSR count). The molecule has 0 saturated carbocycles. The lowest BCUT2D eigenvalue weighted by Gasteiger charge is -2.37. The number of carbonyl (C=O) groups is 3. The van der Waals surface area contributed by atoms with E-state index in [9.17, 15) is 31.9 Å². The van der Waals surface area contributed by atoms with E-state index >= 15 is 0 Å². The number of anilines is 1. The van der Waals surface area contributed by atoms with Gasteiger partial charge in [0.05, 0.1) is 23.4 Å². The molecule has 0 spiro atoms. The van der Waals surface area contributed by atoms with Crippen molar-refractivity contribution in [3.63, 3.8) is 0 Å². The molecule has 3 heterocycles. The molecule has 34 heavy (non-hydrogen) atoms. The van der Waals surface area contributed by atoms with E-state index < -0.39 is 47.5 Å². The summed E-state index contributed by atoms with van der Waals surface area (Å²) in [5, 5.41) is 3.89. The molecule has 1 aromatic carbocycles. The Labute approximate surface area is 194 Å². The van der Waals surface area contributed by atoms with Crippen LogP contribution in [0.3, 0.4) is 0 Å². The molecule has 0 aliphatic carbocycles. The number of imide groups is 1. The number of rotatable bonds is 4. The Balaban J connectivity index is 1.50. The number of ether oxygens (including phenoxy) is 1. The van der Waals surface area contributed by atoms with Crippen molar-refractivity contribution < 1.29 is 36.7 Å². The van der Waals surface area contributed by atoms with Gasteiger partial charge >= 0.3 is 12.2 Å². The summed E-state index contributed by atoms with van der Waals surface area (Å²) >= 11 is 0.912. The molecule has 13 heteroatoms. The van der Waals surface area contributed by atoms with Crippen LogP contribution in [0.4, 0.5) is 27.5 Å². The molecule has 1 aromatic heterocycles. The van der Waals surface area contributed by atoms with Crippen LogP contribution in [0.5, 0.6) is 0 Å². The number of fused-ring (bicyclic) bond motifs is 1. The van der Waals surface area contributed by atoms with Crippen molar-refractivity contribution in [2.75, 3.05) is 19.4 Å².